The SMILES string of the molecule is CNC(=O)c1nn(CCCN)c2c1CCc1cnc(Nc3cc(N4CCN(C)CC4)ccc3OC(F)(F)F)nc1-2. The van der Waals surface area contributed by atoms with Crippen LogP contribution in [0.5, 0.6) is 5.75 Å². The van der Waals surface area contributed by atoms with Crippen LogP contribution in [0.3, 0.4) is 0 Å². The molecule has 2 aromatic heterocycles. The second kappa shape index (κ2) is 11.3. The van der Waals surface area contributed by atoms with Crippen LogP contribution in [0.15, 0.2) is 24.4 Å². The summed E-state index contributed by atoms with van der Waals surface area (Å²) in [5.41, 5.74) is 9.80. The lowest BCUT2D eigenvalue weighted by Gasteiger charge is -2.34. The van der Waals surface area contributed by atoms with Gasteiger partial charge in [-0.15, -0.1) is 13.2 Å². The van der Waals surface area contributed by atoms with Gasteiger partial charge >= 0.3 is 6.36 Å². The molecule has 0 radical (unpaired) electrons. The minimum absolute atomic E-state index is 0.0902. The molecule has 3 aromatic rings. The summed E-state index contributed by atoms with van der Waals surface area (Å²) in [5, 5.41) is 10.1. The van der Waals surface area contributed by atoms with E-state index in [0.717, 1.165) is 43.0 Å². The molecule has 1 aromatic carbocycles. The highest BCUT2D eigenvalue weighted by atomic mass is 19.4. The standard InChI is InChI=1S/C26H32F3N9O2/c1-31-24(39)22-18-6-4-16-15-32-25(34-21(16)23(18)38(35-22)9-3-8-30)33-19-14-17(37-12-10-36(2)11-13-37)5-7-20(19)40-26(27,28)29/h5,7,14-15H,3-4,6,8-13,30H2,1-2H3,(H,31,39)(H,32,33,34). The van der Waals surface area contributed by atoms with Crippen LogP contribution in [0.2, 0.25) is 0 Å². The molecule has 1 saturated heterocycles. The van der Waals surface area contributed by atoms with Crippen LogP contribution in [0, 0.1) is 0 Å². The number of piperazine rings is 1. The number of alkyl halides is 3. The van der Waals surface area contributed by atoms with Crippen LogP contribution < -0.4 is 26.0 Å². The molecule has 0 bridgehead atoms. The Bertz CT molecular complexity index is 1380. The first kappa shape index (κ1) is 27.6. The molecule has 214 valence electrons. The molecule has 1 amide bonds. The number of rotatable bonds is 8. The van der Waals surface area contributed by atoms with Crippen LogP contribution >= 0.6 is 0 Å². The van der Waals surface area contributed by atoms with Crippen molar-refractivity contribution in [2.75, 3.05) is 57.0 Å². The number of nitrogens with zero attached hydrogens (tertiary/aromatic N) is 6. The Morgan fingerprint density at radius 2 is 1.95 bits per heavy atom. The molecule has 1 aliphatic carbocycles. The molecule has 4 N–H and O–H groups in total. The Hall–Kier alpha value is -3.91. The topological polar surface area (TPSA) is 126 Å². The lowest BCUT2D eigenvalue weighted by atomic mass is 9.93. The highest BCUT2D eigenvalue weighted by molar-refractivity contribution is 5.95. The number of hydrogen-bond acceptors (Lipinski definition) is 9. The van der Waals surface area contributed by atoms with E-state index in [2.05, 4.69) is 35.3 Å². The van der Waals surface area contributed by atoms with Gasteiger partial charge in [-0.3, -0.25) is 9.48 Å². The monoisotopic (exact) mass is 559 g/mol. The van der Waals surface area contributed by atoms with Gasteiger partial charge in [0, 0.05) is 57.2 Å². The lowest BCUT2D eigenvalue weighted by molar-refractivity contribution is -0.274. The zero-order chi connectivity index (χ0) is 28.4. The van der Waals surface area contributed by atoms with Crippen molar-refractivity contribution in [2.24, 2.45) is 5.73 Å². The number of fused-ring (bicyclic) bond motifs is 3. The normalized spacial score (nSPS) is 15.4. The van der Waals surface area contributed by atoms with Gasteiger partial charge in [0.2, 0.25) is 5.95 Å². The molecule has 5 rings (SSSR count). The largest absolute Gasteiger partial charge is 0.573 e. The summed E-state index contributed by atoms with van der Waals surface area (Å²) >= 11 is 0. The predicted molar refractivity (Wildman–Crippen MR) is 144 cm³/mol. The molecule has 3 heterocycles. The number of amides is 1. The number of anilines is 3. The number of hydrogen-bond donors (Lipinski definition) is 3. The Morgan fingerprint density at radius 3 is 2.65 bits per heavy atom. The summed E-state index contributed by atoms with van der Waals surface area (Å²) < 4.78 is 45.8. The maximum atomic E-state index is 13.2. The molecule has 14 heteroatoms. The number of carbonyl (C=O) groups excluding carboxylic acids is 1. The van der Waals surface area contributed by atoms with Crippen molar-refractivity contribution in [2.45, 2.75) is 32.2 Å². The molecular formula is C26H32F3N9O2. The molecular weight excluding hydrogens is 527 g/mol. The molecule has 1 aliphatic heterocycles. The van der Waals surface area contributed by atoms with Gasteiger partial charge in [-0.05, 0) is 56.6 Å². The fraction of sp³-hybridized carbons (Fsp3) is 0.462. The third kappa shape index (κ3) is 5.82. The van der Waals surface area contributed by atoms with Crippen LogP contribution in [-0.4, -0.2) is 83.7 Å². The zero-order valence-electron chi connectivity index (χ0n) is 22.4. The van der Waals surface area contributed by atoms with Crippen molar-refractivity contribution in [3.63, 3.8) is 0 Å². The van der Waals surface area contributed by atoms with Gasteiger partial charge < -0.3 is 30.9 Å². The second-order valence-electron chi connectivity index (χ2n) is 9.83. The lowest BCUT2D eigenvalue weighted by Crippen LogP contribution is -2.44. The third-order valence-corrected chi connectivity index (χ3v) is 7.10. The minimum atomic E-state index is -4.87. The summed E-state index contributed by atoms with van der Waals surface area (Å²) in [5.74, 6) is -0.585. The molecule has 1 fully saturated rings. The van der Waals surface area contributed by atoms with Crippen molar-refractivity contribution in [1.82, 2.24) is 30.0 Å². The first-order valence-electron chi connectivity index (χ1n) is 13.1. The number of aryl methyl sites for hydroxylation is 2. The molecule has 0 atom stereocenters. The average Bonchev–Trinajstić information content (AvgIpc) is 3.31. The number of benzene rings is 1. The number of ether oxygens (including phenoxy) is 1. The predicted octanol–water partition coefficient (Wildman–Crippen LogP) is 2.54. The van der Waals surface area contributed by atoms with Gasteiger partial charge in [-0.25, -0.2) is 9.97 Å². The molecule has 11 nitrogen and oxygen atoms in total. The summed E-state index contributed by atoms with van der Waals surface area (Å²) in [6.45, 7) is 4.10. The maximum Gasteiger partial charge on any atom is 0.573 e. The average molecular weight is 560 g/mol. The van der Waals surface area contributed by atoms with E-state index in [9.17, 15) is 18.0 Å². The van der Waals surface area contributed by atoms with Crippen LogP contribution in [-0.2, 0) is 19.4 Å². The van der Waals surface area contributed by atoms with Gasteiger partial charge in [0.15, 0.2) is 11.4 Å². The first-order chi connectivity index (χ1) is 19.2. The van der Waals surface area contributed by atoms with Gasteiger partial charge in [-0.2, -0.15) is 5.10 Å². The Balaban J connectivity index is 1.52. The van der Waals surface area contributed by atoms with E-state index in [1.165, 1.54) is 6.07 Å². The van der Waals surface area contributed by atoms with E-state index in [1.807, 2.05) is 7.05 Å². The second-order valence-corrected chi connectivity index (χ2v) is 9.83. The number of carbonyl (C=O) groups is 1. The van der Waals surface area contributed by atoms with Crippen molar-refractivity contribution < 1.29 is 22.7 Å². The zero-order valence-corrected chi connectivity index (χ0v) is 22.4. The van der Waals surface area contributed by atoms with Crippen molar-refractivity contribution >= 4 is 23.2 Å². The van der Waals surface area contributed by atoms with Gasteiger partial charge in [-0.1, -0.05) is 0 Å². The van der Waals surface area contributed by atoms with Crippen LogP contribution in [0.1, 0.15) is 28.0 Å². The van der Waals surface area contributed by atoms with E-state index in [-0.39, 0.29) is 23.3 Å². The summed E-state index contributed by atoms with van der Waals surface area (Å²) in [6, 6.07) is 4.54. The fourth-order valence-electron chi connectivity index (χ4n) is 5.03. The number of nitrogens with one attached hydrogen (secondary N) is 2. The van der Waals surface area contributed by atoms with Crippen molar-refractivity contribution in [3.05, 3.63) is 41.2 Å². The maximum absolute atomic E-state index is 13.2. The molecule has 40 heavy (non-hydrogen) atoms. The summed E-state index contributed by atoms with van der Waals surface area (Å²) in [7, 11) is 3.58. The van der Waals surface area contributed by atoms with Crippen molar-refractivity contribution in [1.29, 1.82) is 0 Å². The Kier molecular flexibility index (Phi) is 7.81. The molecule has 0 spiro atoms. The summed E-state index contributed by atoms with van der Waals surface area (Å²) in [6.07, 6.45) is -1.40. The van der Waals surface area contributed by atoms with Crippen LogP contribution in [0.25, 0.3) is 11.4 Å². The number of likely N-dealkylation sites (N-methyl/N-ethyl adjacent to an activating group) is 1. The smallest absolute Gasteiger partial charge is 0.404 e. The fourth-order valence-corrected chi connectivity index (χ4v) is 5.03. The third-order valence-electron chi connectivity index (χ3n) is 7.10. The molecule has 0 saturated carbocycles. The van der Waals surface area contributed by atoms with Gasteiger partial charge in [0.05, 0.1) is 17.1 Å². The van der Waals surface area contributed by atoms with E-state index < -0.39 is 6.36 Å². The number of aromatic nitrogens is 4. The molecule has 0 unspecified atom stereocenters. The highest BCUT2D eigenvalue weighted by Gasteiger charge is 2.33. The Labute approximate surface area is 229 Å². The minimum Gasteiger partial charge on any atom is -0.404 e. The summed E-state index contributed by atoms with van der Waals surface area (Å²) in [4.78, 5) is 26.0. The molecule has 2 aliphatic rings. The van der Waals surface area contributed by atoms with Crippen LogP contribution in [0.4, 0.5) is 30.5 Å². The van der Waals surface area contributed by atoms with E-state index in [4.69, 9.17) is 10.7 Å². The van der Waals surface area contributed by atoms with Gasteiger partial charge in [0.25, 0.3) is 5.91 Å². The highest BCUT2D eigenvalue weighted by Crippen LogP contribution is 2.38. The first-order valence-corrected chi connectivity index (χ1v) is 13.1. The Morgan fingerprint density at radius 1 is 1.18 bits per heavy atom. The number of halogens is 3. The van der Waals surface area contributed by atoms with E-state index in [1.54, 1.807) is 30.1 Å². The number of nitrogens with two attached hydrogens (primary N) is 1. The van der Waals surface area contributed by atoms with E-state index in [0.29, 0.717) is 49.4 Å². The van der Waals surface area contributed by atoms with Crippen molar-refractivity contribution in [3.8, 4) is 17.1 Å². The quantitative estimate of drug-likeness (QED) is 0.382. The van der Waals surface area contributed by atoms with E-state index >= 15 is 0 Å². The van der Waals surface area contributed by atoms with Gasteiger partial charge in [0.1, 0.15) is 0 Å².